The minimum atomic E-state index is -0.256. The van der Waals surface area contributed by atoms with Gasteiger partial charge in [0, 0.05) is 10.0 Å². The Labute approximate surface area is 192 Å². The van der Waals surface area contributed by atoms with Gasteiger partial charge in [-0.3, -0.25) is 4.79 Å². The second-order valence-corrected chi connectivity index (χ2v) is 8.60. The molecular weight excluding hydrogens is 476 g/mol. The first-order chi connectivity index (χ1) is 15.1. The highest BCUT2D eigenvalue weighted by Gasteiger charge is 2.13. The monoisotopic (exact) mass is 494 g/mol. The molecule has 0 bridgehead atoms. The number of benzene rings is 3. The number of imidazole rings is 1. The molecule has 0 saturated carbocycles. The van der Waals surface area contributed by atoms with E-state index in [1.807, 2.05) is 42.5 Å². The smallest absolute Gasteiger partial charge is 0.250 e. The number of aromatic nitrogens is 2. The van der Waals surface area contributed by atoms with Crippen molar-refractivity contribution in [2.75, 3.05) is 5.75 Å². The summed E-state index contributed by atoms with van der Waals surface area (Å²) in [5.41, 5.74) is 6.08. The normalized spacial score (nSPS) is 11.3. The third-order valence-electron chi connectivity index (χ3n) is 4.52. The predicted molar refractivity (Wildman–Crippen MR) is 128 cm³/mol. The molecule has 0 saturated heterocycles. The van der Waals surface area contributed by atoms with Crippen molar-refractivity contribution in [3.8, 4) is 5.75 Å². The number of hydrazone groups is 1. The van der Waals surface area contributed by atoms with Crippen molar-refractivity contribution < 1.29 is 9.90 Å². The van der Waals surface area contributed by atoms with Crippen molar-refractivity contribution in [1.29, 1.82) is 0 Å². The van der Waals surface area contributed by atoms with Crippen molar-refractivity contribution in [1.82, 2.24) is 15.0 Å². The Kier molecular flexibility index (Phi) is 6.69. The van der Waals surface area contributed by atoms with Gasteiger partial charge in [-0.15, -0.1) is 0 Å². The standard InChI is InChI=1S/C23H19BrN4O2S/c24-18-10-11-21(29)17(12-18)13-25-27-22(30)15-31-23-26-19-8-4-5-9-20(19)28(23)14-16-6-2-1-3-7-16/h1-13,29H,14-15H2,(H,27,30)/b25-13-. The maximum atomic E-state index is 12.3. The molecule has 1 amide bonds. The topological polar surface area (TPSA) is 79.5 Å². The third kappa shape index (κ3) is 5.34. The molecule has 0 radical (unpaired) electrons. The molecule has 1 aromatic heterocycles. The molecule has 31 heavy (non-hydrogen) atoms. The quantitative estimate of drug-likeness (QED) is 0.220. The zero-order valence-electron chi connectivity index (χ0n) is 16.4. The fraction of sp³-hybridized carbons (Fsp3) is 0.0870. The molecule has 0 spiro atoms. The van der Waals surface area contributed by atoms with E-state index in [0.717, 1.165) is 26.2 Å². The van der Waals surface area contributed by atoms with Crippen LogP contribution >= 0.6 is 27.7 Å². The number of phenolic OH excluding ortho intramolecular Hbond substituents is 1. The molecule has 1 heterocycles. The summed E-state index contributed by atoms with van der Waals surface area (Å²) < 4.78 is 2.93. The second-order valence-electron chi connectivity index (χ2n) is 6.74. The van der Waals surface area contributed by atoms with Gasteiger partial charge in [-0.25, -0.2) is 10.4 Å². The molecule has 8 heteroatoms. The third-order valence-corrected chi connectivity index (χ3v) is 5.99. The Hall–Kier alpha value is -3.10. The van der Waals surface area contributed by atoms with E-state index in [1.165, 1.54) is 18.0 Å². The summed E-state index contributed by atoms with van der Waals surface area (Å²) >= 11 is 4.70. The minimum Gasteiger partial charge on any atom is -0.507 e. The highest BCUT2D eigenvalue weighted by Crippen LogP contribution is 2.25. The summed E-state index contributed by atoms with van der Waals surface area (Å²) in [5.74, 6) is -0.000769. The van der Waals surface area contributed by atoms with Gasteiger partial charge < -0.3 is 9.67 Å². The van der Waals surface area contributed by atoms with Gasteiger partial charge in [0.05, 0.1) is 29.5 Å². The number of thioether (sulfide) groups is 1. The number of nitrogens with zero attached hydrogens (tertiary/aromatic N) is 3. The van der Waals surface area contributed by atoms with Crippen molar-refractivity contribution in [3.63, 3.8) is 0 Å². The van der Waals surface area contributed by atoms with Crippen molar-refractivity contribution >= 4 is 50.8 Å². The van der Waals surface area contributed by atoms with Crippen LogP contribution in [0.4, 0.5) is 0 Å². The number of aromatic hydroxyl groups is 1. The van der Waals surface area contributed by atoms with Gasteiger partial charge in [0.25, 0.3) is 5.91 Å². The van der Waals surface area contributed by atoms with Gasteiger partial charge in [0.15, 0.2) is 5.16 Å². The summed E-state index contributed by atoms with van der Waals surface area (Å²) in [7, 11) is 0. The predicted octanol–water partition coefficient (Wildman–Crippen LogP) is 4.80. The lowest BCUT2D eigenvalue weighted by atomic mass is 10.2. The fourth-order valence-corrected chi connectivity index (χ4v) is 4.23. The Morgan fingerprint density at radius 2 is 1.90 bits per heavy atom. The summed E-state index contributed by atoms with van der Waals surface area (Å²) in [6.45, 7) is 0.672. The van der Waals surface area contributed by atoms with Crippen LogP contribution < -0.4 is 5.43 Å². The molecule has 156 valence electrons. The highest BCUT2D eigenvalue weighted by atomic mass is 79.9. The lowest BCUT2D eigenvalue weighted by Gasteiger charge is -2.09. The lowest BCUT2D eigenvalue weighted by molar-refractivity contribution is -0.118. The van der Waals surface area contributed by atoms with Gasteiger partial charge in [0.1, 0.15) is 5.75 Å². The van der Waals surface area contributed by atoms with E-state index < -0.39 is 0 Å². The van der Waals surface area contributed by atoms with E-state index >= 15 is 0 Å². The van der Waals surface area contributed by atoms with Crippen LogP contribution in [-0.4, -0.2) is 32.5 Å². The zero-order valence-corrected chi connectivity index (χ0v) is 18.8. The second kappa shape index (κ2) is 9.80. The van der Waals surface area contributed by atoms with Crippen molar-refractivity contribution in [3.05, 3.63) is 88.4 Å². The highest BCUT2D eigenvalue weighted by molar-refractivity contribution is 9.10. The van der Waals surface area contributed by atoms with Crippen LogP contribution in [0.15, 0.2) is 87.5 Å². The summed E-state index contributed by atoms with van der Waals surface area (Å²) in [6, 6.07) is 23.1. The number of fused-ring (bicyclic) bond motifs is 1. The van der Waals surface area contributed by atoms with E-state index in [-0.39, 0.29) is 17.4 Å². The first-order valence-corrected chi connectivity index (χ1v) is 11.3. The Bertz CT molecular complexity index is 1240. The molecule has 0 aliphatic rings. The van der Waals surface area contributed by atoms with Crippen LogP contribution in [0.3, 0.4) is 0 Å². The van der Waals surface area contributed by atoms with Crippen LogP contribution in [0.5, 0.6) is 5.75 Å². The molecule has 0 fully saturated rings. The first-order valence-electron chi connectivity index (χ1n) is 9.52. The number of nitrogens with one attached hydrogen (secondary N) is 1. The molecule has 0 aliphatic heterocycles. The van der Waals surface area contributed by atoms with E-state index in [1.54, 1.807) is 18.2 Å². The first kappa shape index (κ1) is 21.1. The summed E-state index contributed by atoms with van der Waals surface area (Å²) in [4.78, 5) is 17.0. The number of rotatable bonds is 7. The number of para-hydroxylation sites is 2. The summed E-state index contributed by atoms with van der Waals surface area (Å²) in [5, 5.41) is 14.5. The molecule has 6 nitrogen and oxygen atoms in total. The number of carbonyl (C=O) groups excluding carboxylic acids is 1. The SMILES string of the molecule is O=C(CSc1nc2ccccc2n1Cc1ccccc1)N/N=C\c1cc(Br)ccc1O. The van der Waals surface area contributed by atoms with Crippen LogP contribution in [0.25, 0.3) is 11.0 Å². The number of phenols is 1. The van der Waals surface area contributed by atoms with E-state index in [9.17, 15) is 9.90 Å². The van der Waals surface area contributed by atoms with Gasteiger partial charge in [0.2, 0.25) is 0 Å². The van der Waals surface area contributed by atoms with Crippen LogP contribution in [0.1, 0.15) is 11.1 Å². The Morgan fingerprint density at radius 1 is 1.13 bits per heavy atom. The van der Waals surface area contributed by atoms with Crippen LogP contribution in [-0.2, 0) is 11.3 Å². The molecular formula is C23H19BrN4O2S. The van der Waals surface area contributed by atoms with Gasteiger partial charge in [-0.05, 0) is 35.9 Å². The fourth-order valence-electron chi connectivity index (χ4n) is 3.05. The average molecular weight is 495 g/mol. The number of carbonyl (C=O) groups is 1. The molecule has 0 unspecified atom stereocenters. The Balaban J connectivity index is 1.44. The zero-order chi connectivity index (χ0) is 21.6. The van der Waals surface area contributed by atoms with E-state index in [2.05, 4.69) is 43.2 Å². The minimum absolute atomic E-state index is 0.0882. The van der Waals surface area contributed by atoms with E-state index in [4.69, 9.17) is 4.98 Å². The largest absolute Gasteiger partial charge is 0.507 e. The molecule has 4 aromatic rings. The van der Waals surface area contributed by atoms with E-state index in [0.29, 0.717) is 12.1 Å². The average Bonchev–Trinajstić information content (AvgIpc) is 3.13. The molecule has 3 aromatic carbocycles. The molecule has 2 N–H and O–H groups in total. The van der Waals surface area contributed by atoms with Gasteiger partial charge in [-0.1, -0.05) is 70.2 Å². The van der Waals surface area contributed by atoms with Crippen LogP contribution in [0.2, 0.25) is 0 Å². The number of hydrogen-bond acceptors (Lipinski definition) is 5. The van der Waals surface area contributed by atoms with Crippen LogP contribution in [0, 0.1) is 0 Å². The van der Waals surface area contributed by atoms with Gasteiger partial charge >= 0.3 is 0 Å². The number of hydrogen-bond donors (Lipinski definition) is 2. The van der Waals surface area contributed by atoms with Crippen molar-refractivity contribution in [2.45, 2.75) is 11.7 Å². The van der Waals surface area contributed by atoms with Gasteiger partial charge in [-0.2, -0.15) is 5.10 Å². The number of halogens is 1. The maximum Gasteiger partial charge on any atom is 0.250 e. The Morgan fingerprint density at radius 3 is 2.74 bits per heavy atom. The van der Waals surface area contributed by atoms with Crippen molar-refractivity contribution in [2.24, 2.45) is 5.10 Å². The molecule has 0 aliphatic carbocycles. The molecule has 4 rings (SSSR count). The lowest BCUT2D eigenvalue weighted by Crippen LogP contribution is -2.20. The maximum absolute atomic E-state index is 12.3. The number of amides is 1. The molecule has 0 atom stereocenters. The summed E-state index contributed by atoms with van der Waals surface area (Å²) in [6.07, 6.45) is 1.41.